The van der Waals surface area contributed by atoms with Gasteiger partial charge in [0.2, 0.25) is 0 Å². The number of nitriles is 1. The van der Waals surface area contributed by atoms with E-state index in [2.05, 4.69) is 10.6 Å². The fourth-order valence-electron chi connectivity index (χ4n) is 1.93. The smallest absolute Gasteiger partial charge is 0.325 e. The number of carbonyl (C=O) groups excluding carboxylic acids is 1. The Kier molecular flexibility index (Phi) is 6.83. The highest BCUT2D eigenvalue weighted by Crippen LogP contribution is 2.33. The minimum atomic E-state index is -1.17. The molecule has 0 aliphatic carbocycles. The monoisotopic (exact) mass is 367 g/mol. The number of carboxylic acids is 1. The molecule has 132 valence electrons. The molecule has 2 aromatic carbocycles. The van der Waals surface area contributed by atoms with Crippen molar-refractivity contribution in [3.05, 3.63) is 66.4 Å². The lowest BCUT2D eigenvalue weighted by Gasteiger charge is -2.10. The van der Waals surface area contributed by atoms with Crippen molar-refractivity contribution in [2.75, 3.05) is 5.32 Å². The highest BCUT2D eigenvalue weighted by molar-refractivity contribution is 7.99. The lowest BCUT2D eigenvalue weighted by Crippen LogP contribution is -2.39. The summed E-state index contributed by atoms with van der Waals surface area (Å²) in [6.07, 6.45) is 1.27. The van der Waals surface area contributed by atoms with Gasteiger partial charge in [0.25, 0.3) is 5.91 Å². The number of rotatable bonds is 7. The Hall–Kier alpha value is -3.24. The molecule has 0 heterocycles. The molecule has 0 fully saturated rings. The first-order chi connectivity index (χ1) is 12.5. The second-order valence-electron chi connectivity index (χ2n) is 5.26. The molecule has 3 N–H and O–H groups in total. The molecular formula is C19H17N3O3S. The van der Waals surface area contributed by atoms with Crippen molar-refractivity contribution >= 4 is 29.3 Å². The molecule has 2 rings (SSSR count). The average Bonchev–Trinajstić information content (AvgIpc) is 2.64. The van der Waals surface area contributed by atoms with E-state index in [9.17, 15) is 9.59 Å². The molecule has 6 nitrogen and oxygen atoms in total. The summed E-state index contributed by atoms with van der Waals surface area (Å²) in [6.45, 7) is 1.33. The summed E-state index contributed by atoms with van der Waals surface area (Å²) in [5, 5.41) is 23.2. The number of benzene rings is 2. The number of nitrogens with one attached hydrogen (secondary N) is 2. The van der Waals surface area contributed by atoms with Gasteiger partial charge >= 0.3 is 5.97 Å². The van der Waals surface area contributed by atoms with Crippen LogP contribution in [0.2, 0.25) is 0 Å². The Balaban J connectivity index is 2.14. The lowest BCUT2D eigenvalue weighted by atomic mass is 10.2. The van der Waals surface area contributed by atoms with Crippen LogP contribution >= 0.6 is 11.8 Å². The van der Waals surface area contributed by atoms with Gasteiger partial charge in [-0.15, -0.1) is 0 Å². The lowest BCUT2D eigenvalue weighted by molar-refractivity contribution is -0.140. The number of carbonyl (C=O) groups is 2. The van der Waals surface area contributed by atoms with Gasteiger partial charge in [0.15, 0.2) is 0 Å². The van der Waals surface area contributed by atoms with E-state index in [1.807, 2.05) is 54.6 Å². The van der Waals surface area contributed by atoms with Crippen LogP contribution < -0.4 is 10.6 Å². The summed E-state index contributed by atoms with van der Waals surface area (Å²) in [7, 11) is 0. The molecule has 0 radical (unpaired) electrons. The van der Waals surface area contributed by atoms with E-state index >= 15 is 0 Å². The molecule has 2 aromatic rings. The van der Waals surface area contributed by atoms with Crippen molar-refractivity contribution in [1.29, 1.82) is 5.26 Å². The third kappa shape index (κ3) is 5.40. The zero-order chi connectivity index (χ0) is 18.9. The summed E-state index contributed by atoms with van der Waals surface area (Å²) < 4.78 is 0. The van der Waals surface area contributed by atoms with Crippen molar-refractivity contribution in [1.82, 2.24) is 5.32 Å². The molecule has 0 aliphatic heterocycles. The second-order valence-corrected chi connectivity index (χ2v) is 6.37. The fourth-order valence-corrected chi connectivity index (χ4v) is 2.86. The maximum Gasteiger partial charge on any atom is 0.325 e. The number of aliphatic carboxylic acids is 1. The van der Waals surface area contributed by atoms with Crippen molar-refractivity contribution < 1.29 is 14.7 Å². The molecule has 0 aromatic heterocycles. The highest BCUT2D eigenvalue weighted by atomic mass is 32.2. The molecule has 1 amide bonds. The number of hydrogen-bond donors (Lipinski definition) is 3. The van der Waals surface area contributed by atoms with Crippen molar-refractivity contribution in [3.8, 4) is 6.07 Å². The molecule has 1 unspecified atom stereocenters. The van der Waals surface area contributed by atoms with Crippen LogP contribution in [0.3, 0.4) is 0 Å². The molecule has 0 saturated heterocycles. The van der Waals surface area contributed by atoms with Gasteiger partial charge in [0.05, 0.1) is 5.69 Å². The van der Waals surface area contributed by atoms with E-state index in [1.165, 1.54) is 13.1 Å². The number of anilines is 1. The Bertz CT molecular complexity index is 860. The maximum absolute atomic E-state index is 12.0. The Labute approximate surface area is 155 Å². The number of nitrogens with zero attached hydrogens (tertiary/aromatic N) is 1. The van der Waals surface area contributed by atoms with E-state index in [0.29, 0.717) is 0 Å². The van der Waals surface area contributed by atoms with Crippen LogP contribution in [-0.4, -0.2) is 23.0 Å². The number of hydrogen-bond acceptors (Lipinski definition) is 5. The quantitative estimate of drug-likeness (QED) is 0.513. The van der Waals surface area contributed by atoms with E-state index in [4.69, 9.17) is 10.4 Å². The molecule has 0 bridgehead atoms. The molecule has 0 saturated carbocycles. The molecule has 7 heteroatoms. The zero-order valence-corrected chi connectivity index (χ0v) is 14.8. The van der Waals surface area contributed by atoms with E-state index in [1.54, 1.807) is 17.8 Å². The maximum atomic E-state index is 12.0. The molecule has 26 heavy (non-hydrogen) atoms. The first-order valence-electron chi connectivity index (χ1n) is 7.73. The van der Waals surface area contributed by atoms with Crippen LogP contribution in [0.4, 0.5) is 5.69 Å². The van der Waals surface area contributed by atoms with Gasteiger partial charge in [-0.3, -0.25) is 9.59 Å². The summed E-state index contributed by atoms with van der Waals surface area (Å²) in [5.74, 6) is -1.92. The first-order valence-corrected chi connectivity index (χ1v) is 8.55. The predicted octanol–water partition coefficient (Wildman–Crippen LogP) is 3.25. The van der Waals surface area contributed by atoms with Crippen LogP contribution in [0, 0.1) is 11.3 Å². The van der Waals surface area contributed by atoms with Crippen LogP contribution in [0.1, 0.15) is 6.92 Å². The van der Waals surface area contributed by atoms with Crippen molar-refractivity contribution in [2.45, 2.75) is 22.8 Å². The second kappa shape index (κ2) is 9.30. The van der Waals surface area contributed by atoms with Gasteiger partial charge in [-0.25, -0.2) is 0 Å². The molecule has 0 spiro atoms. The SMILES string of the molecule is CC(NC(=O)/C(C#N)=C\Nc1ccccc1Sc1ccccc1)C(=O)O. The van der Waals surface area contributed by atoms with Gasteiger partial charge in [-0.05, 0) is 31.2 Å². The topological polar surface area (TPSA) is 102 Å². The van der Waals surface area contributed by atoms with Gasteiger partial charge in [-0.2, -0.15) is 5.26 Å². The van der Waals surface area contributed by atoms with Gasteiger partial charge in [0, 0.05) is 16.0 Å². The zero-order valence-electron chi connectivity index (χ0n) is 14.0. The van der Waals surface area contributed by atoms with Gasteiger partial charge in [-0.1, -0.05) is 42.1 Å². The molecule has 0 aliphatic rings. The summed E-state index contributed by atoms with van der Waals surface area (Å²) >= 11 is 1.54. The average molecular weight is 367 g/mol. The van der Waals surface area contributed by atoms with Crippen LogP contribution in [-0.2, 0) is 9.59 Å². The molecule has 1 atom stereocenters. The molecular weight excluding hydrogens is 350 g/mol. The number of amides is 1. The highest BCUT2D eigenvalue weighted by Gasteiger charge is 2.17. The third-order valence-corrected chi connectivity index (χ3v) is 4.40. The van der Waals surface area contributed by atoms with E-state index in [0.717, 1.165) is 15.5 Å². The summed E-state index contributed by atoms with van der Waals surface area (Å²) in [4.78, 5) is 24.8. The minimum Gasteiger partial charge on any atom is -0.480 e. The van der Waals surface area contributed by atoms with Crippen LogP contribution in [0.25, 0.3) is 0 Å². The largest absolute Gasteiger partial charge is 0.480 e. The van der Waals surface area contributed by atoms with Gasteiger partial charge < -0.3 is 15.7 Å². The predicted molar refractivity (Wildman–Crippen MR) is 99.6 cm³/mol. The Morgan fingerprint density at radius 3 is 2.46 bits per heavy atom. The third-order valence-electron chi connectivity index (χ3n) is 3.31. The normalized spacial score (nSPS) is 11.9. The summed E-state index contributed by atoms with van der Waals surface area (Å²) in [6, 6.07) is 18.0. The van der Waals surface area contributed by atoms with E-state index < -0.39 is 17.9 Å². The van der Waals surface area contributed by atoms with Crippen LogP contribution in [0.5, 0.6) is 0 Å². The minimum absolute atomic E-state index is 0.211. The van der Waals surface area contributed by atoms with E-state index in [-0.39, 0.29) is 5.57 Å². The van der Waals surface area contributed by atoms with Crippen molar-refractivity contribution in [2.24, 2.45) is 0 Å². The number of carboxylic acid groups (broad SMARTS) is 1. The van der Waals surface area contributed by atoms with Gasteiger partial charge in [0.1, 0.15) is 17.7 Å². The first kappa shape index (κ1) is 19.1. The number of para-hydroxylation sites is 1. The standard InChI is InChI=1S/C19H17N3O3S/c1-13(19(24)25)22-18(23)14(11-20)12-21-16-9-5-6-10-17(16)26-15-7-3-2-4-8-15/h2-10,12-13,21H,1H3,(H,22,23)(H,24,25)/b14-12-. The Morgan fingerprint density at radius 1 is 1.15 bits per heavy atom. The summed E-state index contributed by atoms with van der Waals surface area (Å²) in [5.41, 5.74) is 0.519. The Morgan fingerprint density at radius 2 is 1.81 bits per heavy atom. The van der Waals surface area contributed by atoms with Crippen LogP contribution in [0.15, 0.2) is 76.2 Å². The fraction of sp³-hybridized carbons (Fsp3) is 0.105. The van der Waals surface area contributed by atoms with Crippen molar-refractivity contribution in [3.63, 3.8) is 0 Å².